The quantitative estimate of drug-likeness (QED) is 0.137. The van der Waals surface area contributed by atoms with Crippen LogP contribution in [0.4, 0.5) is 62.6 Å². The van der Waals surface area contributed by atoms with E-state index in [2.05, 4.69) is 142 Å². The van der Waals surface area contributed by atoms with Gasteiger partial charge < -0.3 is 37.7 Å². The fraction of sp³-hybridized carbons (Fsp3) is 0.333. The molecule has 0 spiro atoms. The number of halogens is 1. The van der Waals surface area contributed by atoms with Crippen LogP contribution in [0.2, 0.25) is 5.02 Å². The number of nitrogens with one attached hydrogen (secondary N) is 1. The number of hydrogen-bond donors (Lipinski definition) is 1. The molecule has 0 amide bonds. The van der Waals surface area contributed by atoms with E-state index in [1.807, 2.05) is 83.8 Å². The van der Waals surface area contributed by atoms with Crippen molar-refractivity contribution in [3.63, 3.8) is 0 Å². The molecule has 10 aromatic carbocycles. The fourth-order valence-electron chi connectivity index (χ4n) is 13.1. The minimum Gasteiger partial charge on any atom is -0.467 e. The van der Waals surface area contributed by atoms with Crippen molar-refractivity contribution in [2.75, 3.05) is 20.0 Å². The first-order valence-electron chi connectivity index (χ1n) is 54.3. The van der Waals surface area contributed by atoms with Crippen molar-refractivity contribution in [1.82, 2.24) is 0 Å². The van der Waals surface area contributed by atoms with Crippen LogP contribution >= 0.6 is 11.6 Å². The molecule has 8 nitrogen and oxygen atoms in total. The number of hydrogen-bond acceptors (Lipinski definition) is 8. The maximum atomic E-state index is 8.79. The second kappa shape index (κ2) is 30.2. The summed E-state index contributed by atoms with van der Waals surface area (Å²) >= 11 is 6.48. The summed E-state index contributed by atoms with van der Waals surface area (Å²) in [6, 6.07) is 61.5. The van der Waals surface area contributed by atoms with E-state index in [1.54, 1.807) is 12.1 Å². The Bertz CT molecular complexity index is 6990. The van der Waals surface area contributed by atoms with Crippen molar-refractivity contribution in [3.05, 3.63) is 292 Å². The van der Waals surface area contributed by atoms with Gasteiger partial charge in [0.15, 0.2) is 0 Å². The Labute approximate surface area is 717 Å². The lowest BCUT2D eigenvalue weighted by molar-refractivity contribution is 0.409. The lowest BCUT2D eigenvalue weighted by Gasteiger charge is -2.30. The number of fused-ring (bicyclic) bond motifs is 6. The molecule has 14 rings (SSSR count). The molecule has 4 aromatic heterocycles. The second-order valence-electron chi connectivity index (χ2n) is 32.9. The zero-order valence-electron chi connectivity index (χ0n) is 101. The Balaban J connectivity index is 0.000000217. The first kappa shape index (κ1) is 46.0. The monoisotopic (exact) mass is 1530 g/mol. The van der Waals surface area contributed by atoms with Gasteiger partial charge in [0.2, 0.25) is 0 Å². The molecule has 0 radical (unpaired) electrons. The number of anilines is 11. The predicted octanol–water partition coefficient (Wildman–Crippen LogP) is 31.8. The summed E-state index contributed by atoms with van der Waals surface area (Å²) in [5.41, 5.74) is -0.795. The Morgan fingerprint density at radius 3 is 0.991 bits per heavy atom. The maximum absolute atomic E-state index is 8.79. The van der Waals surface area contributed by atoms with Gasteiger partial charge in [-0.05, 0) is 236 Å². The SMILES string of the molecule is [2H]C([2H])([2H])C(C)(c1cc(Nc2ccc(C(C([2H])([2H])[2H])(C([2H])([2H])[2H])C([2H])([2H])[2H])cc2)co1)C([2H])([2H])[2H].[2H]C([2H])([2H])c1cc(Cl)cc(N(c2ccc(C(C)(C)C)cc2)c2ccc3oc4ccc(C(C)(C)C)cc4c3c2)c1.[2H]C([2H])([2H])c1cc(N(c2ccc(C(C([2H])([2H])[2H])(C([2H])([2H])[2H])C([2H])([2H])[2H])cc2)c2coc(C(C)(C([2H])([2H])[2H])C([2H])([2H])[2H])c2)cc(N(c2ccc(C(C)(C)C)cc2)c2ccc3oc4ccc(C(C)(C)C)cc4c3c2)c1. The van der Waals surface area contributed by atoms with Gasteiger partial charge in [-0.1, -0.05) is 238 Å². The lowest BCUT2D eigenvalue weighted by atomic mass is 9.86. The van der Waals surface area contributed by atoms with Gasteiger partial charge in [0.05, 0.1) is 11.4 Å². The Morgan fingerprint density at radius 2 is 0.595 bits per heavy atom. The summed E-state index contributed by atoms with van der Waals surface area (Å²) in [6.45, 7) is -10.4. The van der Waals surface area contributed by atoms with Gasteiger partial charge in [0.1, 0.15) is 46.4 Å². The minimum atomic E-state index is -3.59. The highest BCUT2D eigenvalue weighted by atomic mass is 35.5. The molecule has 111 heavy (non-hydrogen) atoms. The topological polar surface area (TPSA) is 74.3 Å². The summed E-state index contributed by atoms with van der Waals surface area (Å²) in [5, 5.41) is 6.88. The zero-order valence-corrected chi connectivity index (χ0v) is 65.5. The molecule has 0 saturated heterocycles. The van der Waals surface area contributed by atoms with E-state index < -0.39 is 121 Å². The first-order chi connectivity index (χ1) is 66.6. The van der Waals surface area contributed by atoms with Crippen LogP contribution < -0.4 is 20.0 Å². The third-order valence-corrected chi connectivity index (χ3v) is 19.5. The molecule has 0 aliphatic carbocycles. The molecular formula is C102H117ClN4O4. The van der Waals surface area contributed by atoms with Crippen LogP contribution in [0.15, 0.2) is 249 Å². The van der Waals surface area contributed by atoms with E-state index in [4.69, 9.17) is 78.6 Å². The minimum absolute atomic E-state index is 0.00267. The average molecular weight is 1530 g/mol. The number of nitrogens with zero attached hydrogens (tertiary/aromatic N) is 3. The zero-order chi connectivity index (χ0) is 110. The van der Waals surface area contributed by atoms with Gasteiger partial charge in [-0.25, -0.2) is 0 Å². The van der Waals surface area contributed by atoms with E-state index >= 15 is 0 Å². The van der Waals surface area contributed by atoms with E-state index in [0.717, 1.165) is 106 Å². The van der Waals surface area contributed by atoms with Crippen LogP contribution in [-0.4, -0.2) is 0 Å². The fourth-order valence-corrected chi connectivity index (χ4v) is 13.3. The molecule has 1 N–H and O–H groups in total. The molecule has 4 heterocycles. The van der Waals surface area contributed by atoms with Crippen LogP contribution in [0, 0.1) is 13.7 Å². The smallest absolute Gasteiger partial charge is 0.135 e. The Hall–Kier alpha value is -10.2. The largest absolute Gasteiger partial charge is 0.467 e. The second-order valence-corrected chi connectivity index (χ2v) is 33.3. The molecule has 0 atom stereocenters. The van der Waals surface area contributed by atoms with Crippen LogP contribution in [0.25, 0.3) is 43.9 Å². The summed E-state index contributed by atoms with van der Waals surface area (Å²) in [4.78, 5) is 5.31. The third kappa shape index (κ3) is 18.4. The number of rotatable bonds is 11. The van der Waals surface area contributed by atoms with Crippen LogP contribution in [-0.2, 0) is 43.3 Å². The van der Waals surface area contributed by atoms with E-state index in [9.17, 15) is 0 Å². The van der Waals surface area contributed by atoms with Gasteiger partial charge >= 0.3 is 0 Å². The standard InChI is InChI=1S/C51H58N2O2.C33H34ClNO.C18H25NO/c1-33-26-40(29-41(27-33)53(42-31-47(54-32-42)51(11,12)13)38-21-16-35(17-22-38)49(5,6)7)52(37-19-14-34(15-20-37)48(2,3)4)39-23-25-46-44(30-39)43-28-36(50(8,9)10)18-24-45(43)55-46;1-21-16-24(34)19-27(17-21)35(25-11-8-22(9-12-25)32(2,3)4)26-13-15-31-29(20-26)28-18-23(33(5,6)7)10-14-30(28)36-31;1-17(2,3)13-7-9-14(10-8-13)19-15-11-16(20-12-15)18(4,5)6/h14-32H,1-13H3;8-20H,1-7H3;7-12,19H,1-6H3/i1D3,5D3,6D3,7D3,11D3,12D3;1D3;1D3,2D3,3D3,4D3,5D3. The summed E-state index contributed by atoms with van der Waals surface area (Å²) < 4.78 is 315. The molecule has 576 valence electrons. The number of furan rings is 4. The molecule has 0 fully saturated rings. The predicted molar refractivity (Wildman–Crippen MR) is 476 cm³/mol. The maximum Gasteiger partial charge on any atom is 0.135 e. The normalized spacial score (nSPS) is 18.8. The van der Waals surface area contributed by atoms with Crippen molar-refractivity contribution in [2.45, 2.75) is 222 Å². The van der Waals surface area contributed by atoms with Crippen LogP contribution in [0.1, 0.15) is 271 Å². The van der Waals surface area contributed by atoms with Crippen LogP contribution in [0.5, 0.6) is 0 Å². The van der Waals surface area contributed by atoms with Crippen molar-refractivity contribution in [1.29, 1.82) is 0 Å². The summed E-state index contributed by atoms with van der Waals surface area (Å²) in [7, 11) is 0. The molecule has 0 saturated carbocycles. The van der Waals surface area contributed by atoms with E-state index in [-0.39, 0.29) is 67.0 Å². The van der Waals surface area contributed by atoms with Crippen molar-refractivity contribution in [3.8, 4) is 0 Å². The van der Waals surface area contributed by atoms with Gasteiger partial charge in [-0.3, -0.25) is 0 Å². The molecular weight excluding hydrogens is 1380 g/mol. The molecule has 14 aromatic rings. The van der Waals surface area contributed by atoms with E-state index in [1.165, 1.54) is 70.6 Å². The van der Waals surface area contributed by atoms with Gasteiger partial charge in [0.25, 0.3) is 0 Å². The molecule has 0 unspecified atom stereocenters. The van der Waals surface area contributed by atoms with Crippen LogP contribution in [0.3, 0.4) is 0 Å². The Morgan fingerprint density at radius 1 is 0.270 bits per heavy atom. The van der Waals surface area contributed by atoms with Crippen molar-refractivity contribution >= 4 is 118 Å². The van der Waals surface area contributed by atoms with Gasteiger partial charge in [-0.2, -0.15) is 0 Å². The highest BCUT2D eigenvalue weighted by molar-refractivity contribution is 6.31. The molecule has 0 aliphatic rings. The summed E-state index contributed by atoms with van der Waals surface area (Å²) in [5.74, 6) is -0.791. The number of aryl methyl sites for hydroxylation is 2. The van der Waals surface area contributed by atoms with Crippen molar-refractivity contribution < 1.29 is 67.0 Å². The Kier molecular flexibility index (Phi) is 12.5. The lowest BCUT2D eigenvalue weighted by Crippen LogP contribution is -2.15. The highest BCUT2D eigenvalue weighted by Crippen LogP contribution is 2.47. The van der Waals surface area contributed by atoms with E-state index in [0.29, 0.717) is 38.9 Å². The summed E-state index contributed by atoms with van der Waals surface area (Å²) in [6.07, 6.45) is 2.18. The van der Waals surface area contributed by atoms with Gasteiger partial charge in [0, 0.05) is 150 Å². The molecule has 0 bridgehead atoms. The third-order valence-electron chi connectivity index (χ3n) is 19.3. The molecule has 9 heteroatoms. The highest BCUT2D eigenvalue weighted by Gasteiger charge is 2.28. The molecule has 0 aliphatic heterocycles. The van der Waals surface area contributed by atoms with Crippen molar-refractivity contribution in [2.24, 2.45) is 0 Å². The number of benzene rings is 10. The first-order valence-corrected chi connectivity index (χ1v) is 36.7. The van der Waals surface area contributed by atoms with Gasteiger partial charge in [-0.15, -0.1) is 0 Å². The average Bonchev–Trinajstić information content (AvgIpc) is 1.06.